The van der Waals surface area contributed by atoms with E-state index in [1.807, 2.05) is 45.0 Å². The minimum atomic E-state index is -0.553. The van der Waals surface area contributed by atoms with Crippen LogP contribution in [-0.2, 0) is 15.9 Å². The largest absolute Gasteiger partial charge is 0.444 e. The van der Waals surface area contributed by atoms with E-state index in [4.69, 9.17) is 21.6 Å². The number of morpholine rings is 1. The maximum absolute atomic E-state index is 12.4. The van der Waals surface area contributed by atoms with Gasteiger partial charge in [-0.2, -0.15) is 0 Å². The molecule has 5 nitrogen and oxygen atoms in total. The van der Waals surface area contributed by atoms with Crippen LogP contribution in [0.1, 0.15) is 32.8 Å². The molecule has 1 aromatic rings. The van der Waals surface area contributed by atoms with Crippen LogP contribution in [0.15, 0.2) is 24.3 Å². The number of benzene rings is 1. The van der Waals surface area contributed by atoms with E-state index >= 15 is 0 Å². The fourth-order valence-electron chi connectivity index (χ4n) is 2.63. The quantitative estimate of drug-likeness (QED) is 0.684. The van der Waals surface area contributed by atoms with E-state index in [2.05, 4.69) is 5.92 Å². The van der Waals surface area contributed by atoms with Gasteiger partial charge >= 0.3 is 6.09 Å². The number of anilines is 1. The monoisotopic (exact) mass is 330 g/mol. The van der Waals surface area contributed by atoms with Gasteiger partial charge in [-0.1, -0.05) is 24.1 Å². The minimum absolute atomic E-state index is 0.0817. The number of rotatable bonds is 3. The lowest BCUT2D eigenvalue weighted by Crippen LogP contribution is -2.53. The minimum Gasteiger partial charge on any atom is -0.444 e. The second-order valence-electron chi connectivity index (χ2n) is 7.01. The second kappa shape index (κ2) is 7.59. The first-order valence-corrected chi connectivity index (χ1v) is 8.21. The van der Waals surface area contributed by atoms with Crippen molar-refractivity contribution in [3.8, 4) is 12.3 Å². The predicted molar refractivity (Wildman–Crippen MR) is 94.5 cm³/mol. The molecule has 24 heavy (non-hydrogen) atoms. The SMILES string of the molecule is C#C[C@@H]1CO[C@H](CCc2ccccc2N)CN1C(=O)OC(C)(C)C. The van der Waals surface area contributed by atoms with Crippen molar-refractivity contribution >= 4 is 11.8 Å². The Kier molecular flexibility index (Phi) is 5.74. The number of nitrogens with two attached hydrogens (primary N) is 1. The van der Waals surface area contributed by atoms with Crippen LogP contribution in [0.4, 0.5) is 10.5 Å². The Balaban J connectivity index is 1.98. The smallest absolute Gasteiger partial charge is 0.411 e. The molecule has 1 fully saturated rings. The zero-order valence-corrected chi connectivity index (χ0v) is 14.6. The third-order valence-electron chi connectivity index (χ3n) is 3.88. The third-order valence-corrected chi connectivity index (χ3v) is 3.88. The topological polar surface area (TPSA) is 64.8 Å². The van der Waals surface area contributed by atoms with Gasteiger partial charge in [-0.05, 0) is 45.2 Å². The molecule has 1 saturated heterocycles. The van der Waals surface area contributed by atoms with E-state index in [9.17, 15) is 4.79 Å². The van der Waals surface area contributed by atoms with E-state index in [1.54, 1.807) is 4.90 Å². The van der Waals surface area contributed by atoms with E-state index < -0.39 is 17.7 Å². The lowest BCUT2D eigenvalue weighted by Gasteiger charge is -2.38. The van der Waals surface area contributed by atoms with E-state index in [0.29, 0.717) is 13.2 Å². The summed E-state index contributed by atoms with van der Waals surface area (Å²) in [6.45, 7) is 6.27. The van der Waals surface area contributed by atoms with Crippen LogP contribution < -0.4 is 5.73 Å². The summed E-state index contributed by atoms with van der Waals surface area (Å²) in [5.41, 5.74) is 7.28. The number of carbonyl (C=O) groups excluding carboxylic acids is 1. The number of ether oxygens (including phenoxy) is 2. The van der Waals surface area contributed by atoms with Crippen molar-refractivity contribution in [2.45, 2.75) is 51.4 Å². The first kappa shape index (κ1) is 18.2. The number of para-hydroxylation sites is 1. The fourth-order valence-corrected chi connectivity index (χ4v) is 2.63. The van der Waals surface area contributed by atoms with Crippen LogP contribution >= 0.6 is 0 Å². The number of hydrogen-bond donors (Lipinski definition) is 1. The molecule has 0 radical (unpaired) electrons. The summed E-state index contributed by atoms with van der Waals surface area (Å²) in [5, 5.41) is 0. The van der Waals surface area contributed by atoms with Gasteiger partial charge in [-0.15, -0.1) is 6.42 Å². The number of hydrogen-bond acceptors (Lipinski definition) is 4. The molecule has 2 atom stereocenters. The molecule has 0 aromatic heterocycles. The van der Waals surface area contributed by atoms with Crippen LogP contribution in [0.3, 0.4) is 0 Å². The molecule has 5 heteroatoms. The summed E-state index contributed by atoms with van der Waals surface area (Å²) in [4.78, 5) is 14.0. The number of nitrogen functional groups attached to an aromatic ring is 1. The van der Waals surface area contributed by atoms with E-state index in [-0.39, 0.29) is 6.10 Å². The first-order valence-electron chi connectivity index (χ1n) is 8.21. The van der Waals surface area contributed by atoms with Gasteiger partial charge in [0.2, 0.25) is 0 Å². The Morgan fingerprint density at radius 3 is 2.79 bits per heavy atom. The maximum atomic E-state index is 12.4. The number of aryl methyl sites for hydroxylation is 1. The summed E-state index contributed by atoms with van der Waals surface area (Å²) in [6, 6.07) is 7.39. The Hall–Kier alpha value is -2.19. The van der Waals surface area contributed by atoms with Crippen LogP contribution in [-0.4, -0.2) is 41.9 Å². The Morgan fingerprint density at radius 2 is 2.17 bits per heavy atom. The average molecular weight is 330 g/mol. The van der Waals surface area contributed by atoms with Gasteiger partial charge in [0, 0.05) is 5.69 Å². The van der Waals surface area contributed by atoms with Crippen molar-refractivity contribution < 1.29 is 14.3 Å². The van der Waals surface area contributed by atoms with Gasteiger partial charge in [-0.25, -0.2) is 4.79 Å². The van der Waals surface area contributed by atoms with Crippen molar-refractivity contribution in [3.05, 3.63) is 29.8 Å². The molecule has 130 valence electrons. The Labute approximate surface area is 144 Å². The van der Waals surface area contributed by atoms with Gasteiger partial charge in [0.1, 0.15) is 11.6 Å². The molecule has 0 saturated carbocycles. The van der Waals surface area contributed by atoms with Crippen molar-refractivity contribution in [2.75, 3.05) is 18.9 Å². The van der Waals surface area contributed by atoms with E-state index in [1.165, 1.54) is 0 Å². The summed E-state index contributed by atoms with van der Waals surface area (Å²) >= 11 is 0. The standard InChI is InChI=1S/C19H26N2O3/c1-5-15-13-23-16(11-10-14-8-6-7-9-17(14)20)12-21(15)18(22)24-19(2,3)4/h1,6-9,15-16H,10-13,20H2,2-4H3/t15-,16-/m1/s1. The van der Waals surface area contributed by atoms with Gasteiger partial charge in [0.15, 0.2) is 0 Å². The molecule has 0 spiro atoms. The fraction of sp³-hybridized carbons (Fsp3) is 0.526. The molecule has 1 aromatic carbocycles. The van der Waals surface area contributed by atoms with Crippen LogP contribution in [0, 0.1) is 12.3 Å². The molecule has 1 amide bonds. The number of terminal acetylenes is 1. The lowest BCUT2D eigenvalue weighted by atomic mass is 10.0. The molecule has 0 aliphatic carbocycles. The molecule has 2 rings (SSSR count). The summed E-state index contributed by atoms with van der Waals surface area (Å²) < 4.78 is 11.3. The highest BCUT2D eigenvalue weighted by molar-refractivity contribution is 5.69. The van der Waals surface area contributed by atoms with Crippen molar-refractivity contribution in [3.63, 3.8) is 0 Å². The molecule has 2 N–H and O–H groups in total. The predicted octanol–water partition coefficient (Wildman–Crippen LogP) is 2.84. The molecule has 1 heterocycles. The molecule has 1 aliphatic rings. The van der Waals surface area contributed by atoms with Crippen LogP contribution in [0.5, 0.6) is 0 Å². The zero-order valence-electron chi connectivity index (χ0n) is 14.6. The van der Waals surface area contributed by atoms with Gasteiger partial charge in [0.05, 0.1) is 19.3 Å². The number of carbonyl (C=O) groups is 1. The van der Waals surface area contributed by atoms with Gasteiger partial charge in [-0.3, -0.25) is 4.90 Å². The highest BCUT2D eigenvalue weighted by Crippen LogP contribution is 2.21. The first-order chi connectivity index (χ1) is 11.3. The van der Waals surface area contributed by atoms with Crippen LogP contribution in [0.2, 0.25) is 0 Å². The summed E-state index contributed by atoms with van der Waals surface area (Å²) in [5.74, 6) is 2.60. The van der Waals surface area contributed by atoms with Crippen molar-refractivity contribution in [1.82, 2.24) is 4.90 Å². The second-order valence-corrected chi connectivity index (χ2v) is 7.01. The molecule has 1 aliphatic heterocycles. The Bertz CT molecular complexity index is 616. The van der Waals surface area contributed by atoms with E-state index in [0.717, 1.165) is 24.1 Å². The lowest BCUT2D eigenvalue weighted by molar-refractivity contribution is -0.0590. The summed E-state index contributed by atoms with van der Waals surface area (Å²) in [7, 11) is 0. The molecular formula is C19H26N2O3. The van der Waals surface area contributed by atoms with Crippen molar-refractivity contribution in [1.29, 1.82) is 0 Å². The highest BCUT2D eigenvalue weighted by Gasteiger charge is 2.33. The maximum Gasteiger partial charge on any atom is 0.411 e. The van der Waals surface area contributed by atoms with Crippen molar-refractivity contribution in [2.24, 2.45) is 0 Å². The number of amides is 1. The average Bonchev–Trinajstić information content (AvgIpc) is 2.52. The van der Waals surface area contributed by atoms with Gasteiger partial charge in [0.25, 0.3) is 0 Å². The molecule has 0 unspecified atom stereocenters. The molecule has 0 bridgehead atoms. The van der Waals surface area contributed by atoms with Crippen LogP contribution in [0.25, 0.3) is 0 Å². The normalized spacial score (nSPS) is 21.2. The highest BCUT2D eigenvalue weighted by atomic mass is 16.6. The summed E-state index contributed by atoms with van der Waals surface area (Å²) in [6.07, 6.45) is 6.62. The third kappa shape index (κ3) is 4.90. The zero-order chi connectivity index (χ0) is 17.7. The van der Waals surface area contributed by atoms with Gasteiger partial charge < -0.3 is 15.2 Å². The molecular weight excluding hydrogens is 304 g/mol. The number of nitrogens with zero attached hydrogens (tertiary/aromatic N) is 1. The Morgan fingerprint density at radius 1 is 1.46 bits per heavy atom.